The number of piperazine rings is 1. The number of rotatable bonds is 1. The molecule has 1 aliphatic heterocycles. The first-order valence-electron chi connectivity index (χ1n) is 5.03. The number of aromatic nitrogens is 2. The number of hydrogen-bond acceptors (Lipinski definition) is 4. The van der Waals surface area contributed by atoms with Gasteiger partial charge >= 0.3 is 0 Å². The highest BCUT2D eigenvalue weighted by atomic mass is 15.2. The molecular formula is C10H16N4. The van der Waals surface area contributed by atoms with Crippen molar-refractivity contribution in [2.24, 2.45) is 0 Å². The second kappa shape index (κ2) is 3.92. The van der Waals surface area contributed by atoms with Crippen molar-refractivity contribution in [3.05, 3.63) is 17.6 Å². The fourth-order valence-electron chi connectivity index (χ4n) is 1.72. The van der Waals surface area contributed by atoms with Gasteiger partial charge in [0, 0.05) is 37.4 Å². The van der Waals surface area contributed by atoms with Gasteiger partial charge in [-0.05, 0) is 13.8 Å². The SMILES string of the molecule is Cc1ncnc(N2CCNCC2)c1C. The van der Waals surface area contributed by atoms with Gasteiger partial charge in [-0.1, -0.05) is 0 Å². The molecule has 0 saturated carbocycles. The van der Waals surface area contributed by atoms with Gasteiger partial charge in [-0.15, -0.1) is 0 Å². The fourth-order valence-corrected chi connectivity index (χ4v) is 1.72. The summed E-state index contributed by atoms with van der Waals surface area (Å²) in [6.45, 7) is 8.29. The van der Waals surface area contributed by atoms with Crippen molar-refractivity contribution in [1.29, 1.82) is 0 Å². The molecule has 76 valence electrons. The van der Waals surface area contributed by atoms with Crippen LogP contribution in [-0.4, -0.2) is 36.1 Å². The normalized spacial score (nSPS) is 17.1. The molecule has 1 aliphatic rings. The molecule has 1 fully saturated rings. The largest absolute Gasteiger partial charge is 0.354 e. The third-order valence-electron chi connectivity index (χ3n) is 2.73. The summed E-state index contributed by atoms with van der Waals surface area (Å²) in [5.74, 6) is 1.10. The monoisotopic (exact) mass is 192 g/mol. The van der Waals surface area contributed by atoms with Gasteiger partial charge in [0.2, 0.25) is 0 Å². The first kappa shape index (κ1) is 9.40. The number of aryl methyl sites for hydroxylation is 1. The second-order valence-electron chi connectivity index (χ2n) is 3.64. The summed E-state index contributed by atoms with van der Waals surface area (Å²) in [5, 5.41) is 3.33. The summed E-state index contributed by atoms with van der Waals surface area (Å²) in [7, 11) is 0. The van der Waals surface area contributed by atoms with E-state index in [0.29, 0.717) is 0 Å². The van der Waals surface area contributed by atoms with Crippen LogP contribution in [0, 0.1) is 13.8 Å². The van der Waals surface area contributed by atoms with E-state index < -0.39 is 0 Å². The molecule has 2 heterocycles. The highest BCUT2D eigenvalue weighted by Crippen LogP contribution is 2.17. The van der Waals surface area contributed by atoms with Gasteiger partial charge in [0.05, 0.1) is 0 Å². The van der Waals surface area contributed by atoms with Crippen molar-refractivity contribution < 1.29 is 0 Å². The van der Waals surface area contributed by atoms with Crippen LogP contribution in [0.3, 0.4) is 0 Å². The Hall–Kier alpha value is -1.16. The van der Waals surface area contributed by atoms with Crippen molar-refractivity contribution >= 4 is 5.82 Å². The summed E-state index contributed by atoms with van der Waals surface area (Å²) in [6, 6.07) is 0. The minimum absolute atomic E-state index is 1.04. The van der Waals surface area contributed by atoms with Crippen LogP contribution in [0.2, 0.25) is 0 Å². The third-order valence-corrected chi connectivity index (χ3v) is 2.73. The molecule has 1 N–H and O–H groups in total. The Morgan fingerprint density at radius 2 is 1.93 bits per heavy atom. The summed E-state index contributed by atoms with van der Waals surface area (Å²) >= 11 is 0. The van der Waals surface area contributed by atoms with E-state index in [2.05, 4.69) is 27.1 Å². The highest BCUT2D eigenvalue weighted by Gasteiger charge is 2.14. The molecule has 0 bridgehead atoms. The van der Waals surface area contributed by atoms with Gasteiger partial charge < -0.3 is 10.2 Å². The predicted molar refractivity (Wildman–Crippen MR) is 56.6 cm³/mol. The smallest absolute Gasteiger partial charge is 0.135 e. The number of anilines is 1. The van der Waals surface area contributed by atoms with Gasteiger partial charge in [-0.2, -0.15) is 0 Å². The zero-order valence-electron chi connectivity index (χ0n) is 8.75. The van der Waals surface area contributed by atoms with Crippen LogP contribution in [0.5, 0.6) is 0 Å². The van der Waals surface area contributed by atoms with Crippen molar-refractivity contribution in [1.82, 2.24) is 15.3 Å². The number of hydrogen-bond donors (Lipinski definition) is 1. The highest BCUT2D eigenvalue weighted by molar-refractivity contribution is 5.47. The fraction of sp³-hybridized carbons (Fsp3) is 0.600. The Labute approximate surface area is 84.4 Å². The van der Waals surface area contributed by atoms with Crippen LogP contribution < -0.4 is 10.2 Å². The third kappa shape index (κ3) is 1.70. The van der Waals surface area contributed by atoms with E-state index in [1.807, 2.05) is 6.92 Å². The summed E-state index contributed by atoms with van der Waals surface area (Å²) in [6.07, 6.45) is 1.65. The van der Waals surface area contributed by atoms with Crippen LogP contribution >= 0.6 is 0 Å². The predicted octanol–water partition coefficient (Wildman–Crippen LogP) is 0.503. The average molecular weight is 192 g/mol. The molecular weight excluding hydrogens is 176 g/mol. The Kier molecular flexibility index (Phi) is 2.63. The molecule has 14 heavy (non-hydrogen) atoms. The van der Waals surface area contributed by atoms with Crippen molar-refractivity contribution in [3.63, 3.8) is 0 Å². The Morgan fingerprint density at radius 3 is 2.64 bits per heavy atom. The second-order valence-corrected chi connectivity index (χ2v) is 3.64. The van der Waals surface area contributed by atoms with Gasteiger partial charge in [0.15, 0.2) is 0 Å². The first-order valence-corrected chi connectivity index (χ1v) is 5.03. The van der Waals surface area contributed by atoms with E-state index in [-0.39, 0.29) is 0 Å². The Balaban J connectivity index is 2.26. The zero-order chi connectivity index (χ0) is 9.97. The van der Waals surface area contributed by atoms with Crippen LogP contribution in [-0.2, 0) is 0 Å². The van der Waals surface area contributed by atoms with Crippen LogP contribution in [0.1, 0.15) is 11.3 Å². The van der Waals surface area contributed by atoms with E-state index in [0.717, 1.165) is 37.7 Å². The Morgan fingerprint density at radius 1 is 1.21 bits per heavy atom. The topological polar surface area (TPSA) is 41.1 Å². The minimum atomic E-state index is 1.04. The quantitative estimate of drug-likeness (QED) is 0.703. The molecule has 0 amide bonds. The molecule has 4 heteroatoms. The van der Waals surface area contributed by atoms with Crippen LogP contribution in [0.4, 0.5) is 5.82 Å². The molecule has 2 rings (SSSR count). The van der Waals surface area contributed by atoms with Crippen molar-refractivity contribution in [3.8, 4) is 0 Å². The summed E-state index contributed by atoms with van der Waals surface area (Å²) < 4.78 is 0. The zero-order valence-corrected chi connectivity index (χ0v) is 8.75. The molecule has 0 spiro atoms. The molecule has 0 unspecified atom stereocenters. The lowest BCUT2D eigenvalue weighted by Crippen LogP contribution is -2.44. The summed E-state index contributed by atoms with van der Waals surface area (Å²) in [4.78, 5) is 10.9. The van der Waals surface area contributed by atoms with Gasteiger partial charge in [-0.25, -0.2) is 9.97 Å². The lowest BCUT2D eigenvalue weighted by Gasteiger charge is -2.29. The standard InChI is InChI=1S/C10H16N4/c1-8-9(2)12-7-13-10(8)14-5-3-11-4-6-14/h7,11H,3-6H2,1-2H3. The van der Waals surface area contributed by atoms with Gasteiger partial charge in [0.25, 0.3) is 0 Å². The maximum atomic E-state index is 4.35. The molecule has 0 aliphatic carbocycles. The molecule has 0 radical (unpaired) electrons. The molecule has 1 aromatic rings. The molecule has 1 aromatic heterocycles. The summed E-state index contributed by atoms with van der Waals surface area (Å²) in [5.41, 5.74) is 2.28. The van der Waals surface area contributed by atoms with Crippen LogP contribution in [0.15, 0.2) is 6.33 Å². The van der Waals surface area contributed by atoms with Crippen molar-refractivity contribution in [2.75, 3.05) is 31.1 Å². The molecule has 0 atom stereocenters. The van der Waals surface area contributed by atoms with E-state index in [9.17, 15) is 0 Å². The molecule has 0 aromatic carbocycles. The van der Waals surface area contributed by atoms with E-state index in [1.165, 1.54) is 5.56 Å². The maximum absolute atomic E-state index is 4.35. The van der Waals surface area contributed by atoms with E-state index in [1.54, 1.807) is 6.33 Å². The number of nitrogens with zero attached hydrogens (tertiary/aromatic N) is 3. The molecule has 1 saturated heterocycles. The maximum Gasteiger partial charge on any atom is 0.135 e. The number of nitrogens with one attached hydrogen (secondary N) is 1. The average Bonchev–Trinajstić information content (AvgIpc) is 2.23. The minimum Gasteiger partial charge on any atom is -0.354 e. The molecule has 4 nitrogen and oxygen atoms in total. The van der Waals surface area contributed by atoms with E-state index >= 15 is 0 Å². The van der Waals surface area contributed by atoms with Gasteiger partial charge in [0.1, 0.15) is 12.1 Å². The Bertz CT molecular complexity index is 318. The van der Waals surface area contributed by atoms with Crippen molar-refractivity contribution in [2.45, 2.75) is 13.8 Å². The van der Waals surface area contributed by atoms with Gasteiger partial charge in [-0.3, -0.25) is 0 Å². The van der Waals surface area contributed by atoms with E-state index in [4.69, 9.17) is 0 Å². The van der Waals surface area contributed by atoms with Crippen LogP contribution in [0.25, 0.3) is 0 Å². The lowest BCUT2D eigenvalue weighted by atomic mass is 10.2. The lowest BCUT2D eigenvalue weighted by molar-refractivity contribution is 0.583. The first-order chi connectivity index (χ1) is 6.79.